The highest BCUT2D eigenvalue weighted by Gasteiger charge is 1.97. The maximum atomic E-state index is 5.72. The Bertz CT molecular complexity index is 560. The zero-order chi connectivity index (χ0) is 15.1. The molecular formula is C19H25NO. The molecule has 0 aliphatic rings. The van der Waals surface area contributed by atoms with Crippen molar-refractivity contribution in [3.8, 4) is 5.75 Å². The molecule has 0 aromatic heterocycles. The summed E-state index contributed by atoms with van der Waals surface area (Å²) in [7, 11) is 0. The lowest BCUT2D eigenvalue weighted by Crippen LogP contribution is -2.05. The van der Waals surface area contributed by atoms with Gasteiger partial charge in [0, 0.05) is 12.2 Å². The van der Waals surface area contributed by atoms with Crippen LogP contribution in [-0.2, 0) is 0 Å². The summed E-state index contributed by atoms with van der Waals surface area (Å²) in [6.07, 6.45) is 2.17. The molecule has 0 aliphatic heterocycles. The van der Waals surface area contributed by atoms with Gasteiger partial charge in [-0.3, -0.25) is 0 Å². The van der Waals surface area contributed by atoms with Gasteiger partial charge in [-0.25, -0.2) is 0 Å². The Morgan fingerprint density at radius 3 is 2.33 bits per heavy atom. The number of rotatable bonds is 7. The zero-order valence-electron chi connectivity index (χ0n) is 13.3. The maximum Gasteiger partial charge on any atom is 0.119 e. The fourth-order valence-electron chi connectivity index (χ4n) is 2.14. The number of anilines is 1. The predicted molar refractivity (Wildman–Crippen MR) is 90.3 cm³/mol. The molecule has 0 unspecified atom stereocenters. The lowest BCUT2D eigenvalue weighted by molar-refractivity contribution is 0.308. The van der Waals surface area contributed by atoms with E-state index in [2.05, 4.69) is 56.4 Å². The molecule has 2 nitrogen and oxygen atoms in total. The number of nitrogens with one attached hydrogen (secondary N) is 1. The van der Waals surface area contributed by atoms with Crippen molar-refractivity contribution in [2.45, 2.75) is 33.6 Å². The molecule has 0 bridgehead atoms. The van der Waals surface area contributed by atoms with Gasteiger partial charge in [0.1, 0.15) is 5.75 Å². The van der Waals surface area contributed by atoms with Crippen LogP contribution in [0.25, 0.3) is 0 Å². The lowest BCUT2D eigenvalue weighted by atomic mass is 10.1. The van der Waals surface area contributed by atoms with E-state index >= 15 is 0 Å². The third kappa shape index (κ3) is 5.14. The zero-order valence-corrected chi connectivity index (χ0v) is 13.3. The molecule has 2 heteroatoms. The Kier molecular flexibility index (Phi) is 5.68. The fraction of sp³-hybridized carbons (Fsp3) is 0.368. The molecule has 0 radical (unpaired) electrons. The van der Waals surface area contributed by atoms with Crippen LogP contribution in [-0.4, -0.2) is 13.2 Å². The third-order valence-electron chi connectivity index (χ3n) is 3.70. The first-order chi connectivity index (χ1) is 10.1. The molecule has 2 aromatic rings. The Hall–Kier alpha value is -1.96. The SMILES string of the molecule is Cc1ccc(OCCCCNc2ccc(C)c(C)c2)cc1. The summed E-state index contributed by atoms with van der Waals surface area (Å²) in [5.74, 6) is 0.961. The summed E-state index contributed by atoms with van der Waals surface area (Å²) in [6, 6.07) is 14.7. The van der Waals surface area contributed by atoms with Crippen molar-refractivity contribution in [2.24, 2.45) is 0 Å². The van der Waals surface area contributed by atoms with E-state index in [-0.39, 0.29) is 0 Å². The van der Waals surface area contributed by atoms with Gasteiger partial charge in [-0.15, -0.1) is 0 Å². The van der Waals surface area contributed by atoms with Crippen molar-refractivity contribution in [3.63, 3.8) is 0 Å². The van der Waals surface area contributed by atoms with E-state index in [1.54, 1.807) is 0 Å². The standard InChI is InChI=1S/C19H25NO/c1-15-6-10-19(11-7-15)21-13-5-4-12-20-18-9-8-16(2)17(3)14-18/h6-11,14,20H,4-5,12-13H2,1-3H3. The van der Waals surface area contributed by atoms with E-state index < -0.39 is 0 Å². The second-order valence-electron chi connectivity index (χ2n) is 5.59. The molecule has 0 amide bonds. The van der Waals surface area contributed by atoms with Crippen LogP contribution in [0.3, 0.4) is 0 Å². The van der Waals surface area contributed by atoms with Gasteiger partial charge in [-0.1, -0.05) is 23.8 Å². The van der Waals surface area contributed by atoms with Gasteiger partial charge in [-0.2, -0.15) is 0 Å². The van der Waals surface area contributed by atoms with Gasteiger partial charge in [0.25, 0.3) is 0 Å². The van der Waals surface area contributed by atoms with E-state index in [4.69, 9.17) is 4.74 Å². The first kappa shape index (κ1) is 15.4. The Labute approximate surface area is 128 Å². The van der Waals surface area contributed by atoms with E-state index in [1.807, 2.05) is 12.1 Å². The van der Waals surface area contributed by atoms with Gasteiger partial charge in [0.05, 0.1) is 6.61 Å². The summed E-state index contributed by atoms with van der Waals surface area (Å²) in [5.41, 5.74) is 5.15. The summed E-state index contributed by atoms with van der Waals surface area (Å²) in [4.78, 5) is 0. The predicted octanol–water partition coefficient (Wildman–Crippen LogP) is 4.88. The third-order valence-corrected chi connectivity index (χ3v) is 3.70. The van der Waals surface area contributed by atoms with Crippen LogP contribution in [0.2, 0.25) is 0 Å². The van der Waals surface area contributed by atoms with Gasteiger partial charge in [0.15, 0.2) is 0 Å². The molecule has 0 saturated carbocycles. The number of hydrogen-bond donors (Lipinski definition) is 1. The van der Waals surface area contributed by atoms with E-state index in [0.29, 0.717) is 0 Å². The number of benzene rings is 2. The average Bonchev–Trinajstić information content (AvgIpc) is 2.48. The second kappa shape index (κ2) is 7.72. The molecule has 0 fully saturated rings. The Balaban J connectivity index is 1.61. The molecule has 2 aromatic carbocycles. The van der Waals surface area contributed by atoms with Crippen molar-refractivity contribution >= 4 is 5.69 Å². The smallest absolute Gasteiger partial charge is 0.119 e. The molecule has 0 heterocycles. The van der Waals surface area contributed by atoms with Crippen molar-refractivity contribution in [2.75, 3.05) is 18.5 Å². The molecule has 1 N–H and O–H groups in total. The van der Waals surface area contributed by atoms with Crippen LogP contribution in [0.15, 0.2) is 42.5 Å². The van der Waals surface area contributed by atoms with Gasteiger partial charge >= 0.3 is 0 Å². The molecule has 0 aliphatic carbocycles. The number of aryl methyl sites for hydroxylation is 3. The Morgan fingerprint density at radius 2 is 1.62 bits per heavy atom. The fourth-order valence-corrected chi connectivity index (χ4v) is 2.14. The minimum Gasteiger partial charge on any atom is -0.494 e. The maximum absolute atomic E-state index is 5.72. The molecule has 0 atom stereocenters. The number of ether oxygens (including phenoxy) is 1. The lowest BCUT2D eigenvalue weighted by Gasteiger charge is -2.09. The highest BCUT2D eigenvalue weighted by atomic mass is 16.5. The quantitative estimate of drug-likeness (QED) is 0.731. The highest BCUT2D eigenvalue weighted by molar-refractivity contribution is 5.47. The molecule has 0 saturated heterocycles. The number of hydrogen-bond acceptors (Lipinski definition) is 2. The summed E-state index contributed by atoms with van der Waals surface area (Å²) >= 11 is 0. The van der Waals surface area contributed by atoms with E-state index in [9.17, 15) is 0 Å². The highest BCUT2D eigenvalue weighted by Crippen LogP contribution is 2.14. The molecular weight excluding hydrogens is 258 g/mol. The van der Waals surface area contributed by atoms with Crippen molar-refractivity contribution in [3.05, 3.63) is 59.2 Å². The molecule has 21 heavy (non-hydrogen) atoms. The van der Waals surface area contributed by atoms with Crippen molar-refractivity contribution < 1.29 is 4.74 Å². The normalized spacial score (nSPS) is 10.4. The second-order valence-corrected chi connectivity index (χ2v) is 5.59. The van der Waals surface area contributed by atoms with Crippen LogP contribution in [0.5, 0.6) is 5.75 Å². The van der Waals surface area contributed by atoms with E-state index in [0.717, 1.165) is 31.7 Å². The molecule has 112 valence electrons. The Morgan fingerprint density at radius 1 is 0.857 bits per heavy atom. The van der Waals surface area contributed by atoms with Crippen molar-refractivity contribution in [1.82, 2.24) is 0 Å². The van der Waals surface area contributed by atoms with Gasteiger partial charge < -0.3 is 10.1 Å². The summed E-state index contributed by atoms with van der Waals surface area (Å²) in [5, 5.41) is 3.46. The average molecular weight is 283 g/mol. The van der Waals surface area contributed by atoms with Crippen LogP contribution >= 0.6 is 0 Å². The van der Waals surface area contributed by atoms with Crippen LogP contribution in [0.4, 0.5) is 5.69 Å². The summed E-state index contributed by atoms with van der Waals surface area (Å²) < 4.78 is 5.72. The topological polar surface area (TPSA) is 21.3 Å². The van der Waals surface area contributed by atoms with Crippen LogP contribution < -0.4 is 10.1 Å². The molecule has 0 spiro atoms. The largest absolute Gasteiger partial charge is 0.494 e. The summed E-state index contributed by atoms with van der Waals surface area (Å²) in [6.45, 7) is 8.14. The minimum absolute atomic E-state index is 0.775. The monoisotopic (exact) mass is 283 g/mol. The van der Waals surface area contributed by atoms with Crippen molar-refractivity contribution in [1.29, 1.82) is 0 Å². The van der Waals surface area contributed by atoms with Gasteiger partial charge in [-0.05, 0) is 69.0 Å². The van der Waals surface area contributed by atoms with E-state index in [1.165, 1.54) is 22.4 Å². The van der Waals surface area contributed by atoms with Crippen LogP contribution in [0.1, 0.15) is 29.5 Å². The minimum atomic E-state index is 0.775. The molecule has 2 rings (SSSR count). The first-order valence-corrected chi connectivity index (χ1v) is 7.66. The number of unbranched alkanes of at least 4 members (excludes halogenated alkanes) is 1. The van der Waals surface area contributed by atoms with Gasteiger partial charge in [0.2, 0.25) is 0 Å². The van der Waals surface area contributed by atoms with Crippen LogP contribution in [0, 0.1) is 20.8 Å². The first-order valence-electron chi connectivity index (χ1n) is 7.66.